The van der Waals surface area contributed by atoms with Gasteiger partial charge >= 0.3 is 5.97 Å². The molecule has 0 aromatic heterocycles. The van der Waals surface area contributed by atoms with Gasteiger partial charge in [-0.25, -0.2) is 4.79 Å². The SMILES string of the molecule is O=C(CCc1ccccc1C(=O)O)NC1CCCCC1c1ccccc1. The average Bonchev–Trinajstić information content (AvgIpc) is 2.67. The van der Waals surface area contributed by atoms with Crippen LogP contribution in [0.2, 0.25) is 0 Å². The molecule has 2 aromatic rings. The van der Waals surface area contributed by atoms with Crippen molar-refractivity contribution in [2.24, 2.45) is 0 Å². The van der Waals surface area contributed by atoms with Gasteiger partial charge in [0.1, 0.15) is 0 Å². The number of hydrogen-bond donors (Lipinski definition) is 2. The Hall–Kier alpha value is -2.62. The minimum absolute atomic E-state index is 0.00183. The zero-order valence-corrected chi connectivity index (χ0v) is 14.9. The Labute approximate surface area is 154 Å². The molecular formula is C22H25NO3. The second kappa shape index (κ2) is 8.65. The van der Waals surface area contributed by atoms with Crippen molar-refractivity contribution in [1.82, 2.24) is 5.32 Å². The lowest BCUT2D eigenvalue weighted by Gasteiger charge is -2.32. The normalized spacial score (nSPS) is 19.7. The molecule has 0 radical (unpaired) electrons. The lowest BCUT2D eigenvalue weighted by molar-refractivity contribution is -0.122. The van der Waals surface area contributed by atoms with E-state index in [1.165, 1.54) is 12.0 Å². The highest BCUT2D eigenvalue weighted by molar-refractivity contribution is 5.89. The van der Waals surface area contributed by atoms with Crippen molar-refractivity contribution < 1.29 is 14.7 Å². The molecule has 2 N–H and O–H groups in total. The molecule has 4 nitrogen and oxygen atoms in total. The number of aromatic carboxylic acids is 1. The fraction of sp³-hybridized carbons (Fsp3) is 0.364. The largest absolute Gasteiger partial charge is 0.478 e. The molecule has 1 saturated carbocycles. The Morgan fingerprint density at radius 2 is 1.65 bits per heavy atom. The molecule has 3 rings (SSSR count). The van der Waals surface area contributed by atoms with E-state index in [1.54, 1.807) is 18.2 Å². The molecule has 4 heteroatoms. The van der Waals surface area contributed by atoms with E-state index in [4.69, 9.17) is 0 Å². The quantitative estimate of drug-likeness (QED) is 0.821. The lowest BCUT2D eigenvalue weighted by atomic mass is 9.80. The minimum atomic E-state index is -0.947. The van der Waals surface area contributed by atoms with Gasteiger partial charge in [-0.15, -0.1) is 0 Å². The van der Waals surface area contributed by atoms with Crippen molar-refractivity contribution in [3.63, 3.8) is 0 Å². The molecule has 2 unspecified atom stereocenters. The van der Waals surface area contributed by atoms with Crippen LogP contribution in [0.3, 0.4) is 0 Å². The summed E-state index contributed by atoms with van der Waals surface area (Å²) in [6.45, 7) is 0. The number of carbonyl (C=O) groups is 2. The van der Waals surface area contributed by atoms with Crippen LogP contribution >= 0.6 is 0 Å². The van der Waals surface area contributed by atoms with Crippen molar-refractivity contribution in [3.05, 3.63) is 71.3 Å². The topological polar surface area (TPSA) is 66.4 Å². The number of aryl methyl sites for hydroxylation is 1. The van der Waals surface area contributed by atoms with Gasteiger partial charge in [-0.05, 0) is 36.5 Å². The standard InChI is InChI=1S/C22H25NO3/c24-21(15-14-17-10-4-5-12-19(17)22(25)26)23-20-13-7-6-11-18(20)16-8-2-1-3-9-16/h1-5,8-10,12,18,20H,6-7,11,13-15H2,(H,23,24)(H,25,26). The first-order valence-corrected chi connectivity index (χ1v) is 9.30. The van der Waals surface area contributed by atoms with E-state index in [1.807, 2.05) is 24.3 Å². The van der Waals surface area contributed by atoms with Gasteiger partial charge in [0.25, 0.3) is 0 Å². The van der Waals surface area contributed by atoms with Gasteiger partial charge in [-0.1, -0.05) is 61.4 Å². The van der Waals surface area contributed by atoms with Crippen molar-refractivity contribution in [3.8, 4) is 0 Å². The Kier molecular flexibility index (Phi) is 6.05. The Bertz CT molecular complexity index is 757. The van der Waals surface area contributed by atoms with Crippen LogP contribution < -0.4 is 5.32 Å². The van der Waals surface area contributed by atoms with Gasteiger partial charge in [0, 0.05) is 18.4 Å². The summed E-state index contributed by atoms with van der Waals surface area (Å²) in [5.41, 5.74) is 2.27. The predicted octanol–water partition coefficient (Wildman–Crippen LogP) is 4.16. The molecule has 1 aliphatic carbocycles. The molecule has 0 heterocycles. The third-order valence-corrected chi connectivity index (χ3v) is 5.21. The van der Waals surface area contributed by atoms with Crippen molar-refractivity contribution >= 4 is 11.9 Å². The second-order valence-electron chi connectivity index (χ2n) is 6.94. The highest BCUT2D eigenvalue weighted by Crippen LogP contribution is 2.33. The molecule has 136 valence electrons. The van der Waals surface area contributed by atoms with E-state index >= 15 is 0 Å². The van der Waals surface area contributed by atoms with Crippen LogP contribution in [-0.4, -0.2) is 23.0 Å². The summed E-state index contributed by atoms with van der Waals surface area (Å²) in [4.78, 5) is 23.8. The average molecular weight is 351 g/mol. The van der Waals surface area contributed by atoms with Crippen LogP contribution in [0, 0.1) is 0 Å². The molecule has 26 heavy (non-hydrogen) atoms. The number of amides is 1. The molecular weight excluding hydrogens is 326 g/mol. The van der Waals surface area contributed by atoms with Gasteiger partial charge < -0.3 is 10.4 Å². The molecule has 1 fully saturated rings. The third-order valence-electron chi connectivity index (χ3n) is 5.21. The number of carbonyl (C=O) groups excluding carboxylic acids is 1. The molecule has 0 bridgehead atoms. The van der Waals surface area contributed by atoms with Crippen LogP contribution in [0.4, 0.5) is 0 Å². The number of rotatable bonds is 6. The van der Waals surface area contributed by atoms with Crippen LogP contribution in [-0.2, 0) is 11.2 Å². The highest BCUT2D eigenvalue weighted by Gasteiger charge is 2.27. The van der Waals surface area contributed by atoms with Crippen LogP contribution in [0.15, 0.2) is 54.6 Å². The van der Waals surface area contributed by atoms with Crippen LogP contribution in [0.1, 0.15) is 59.5 Å². The Balaban J connectivity index is 1.61. The first-order valence-electron chi connectivity index (χ1n) is 9.30. The summed E-state index contributed by atoms with van der Waals surface area (Å²) in [6.07, 6.45) is 5.17. The summed E-state index contributed by atoms with van der Waals surface area (Å²) in [6, 6.07) is 17.4. The number of carboxylic acid groups (broad SMARTS) is 1. The van der Waals surface area contributed by atoms with Gasteiger partial charge in [-0.3, -0.25) is 4.79 Å². The zero-order valence-electron chi connectivity index (χ0n) is 14.9. The third kappa shape index (κ3) is 4.51. The molecule has 0 aliphatic heterocycles. The van der Waals surface area contributed by atoms with E-state index in [2.05, 4.69) is 17.4 Å². The maximum Gasteiger partial charge on any atom is 0.335 e. The Morgan fingerprint density at radius 1 is 0.962 bits per heavy atom. The monoisotopic (exact) mass is 351 g/mol. The fourth-order valence-corrected chi connectivity index (χ4v) is 3.88. The summed E-state index contributed by atoms with van der Waals surface area (Å²) >= 11 is 0. The first kappa shape index (κ1) is 18.2. The maximum atomic E-state index is 12.5. The van der Waals surface area contributed by atoms with Gasteiger partial charge in [0.15, 0.2) is 0 Å². The zero-order chi connectivity index (χ0) is 18.4. The van der Waals surface area contributed by atoms with Gasteiger partial charge in [0.05, 0.1) is 5.56 Å². The minimum Gasteiger partial charge on any atom is -0.478 e. The fourth-order valence-electron chi connectivity index (χ4n) is 3.88. The Morgan fingerprint density at radius 3 is 2.42 bits per heavy atom. The lowest BCUT2D eigenvalue weighted by Crippen LogP contribution is -2.41. The maximum absolute atomic E-state index is 12.5. The van der Waals surface area contributed by atoms with Crippen molar-refractivity contribution in [2.75, 3.05) is 0 Å². The molecule has 2 aromatic carbocycles. The molecule has 2 atom stereocenters. The van der Waals surface area contributed by atoms with E-state index in [-0.39, 0.29) is 17.5 Å². The molecule has 0 spiro atoms. The van der Waals surface area contributed by atoms with E-state index in [9.17, 15) is 14.7 Å². The summed E-state index contributed by atoms with van der Waals surface area (Å²) in [5.74, 6) is -0.587. The van der Waals surface area contributed by atoms with Gasteiger partial charge in [-0.2, -0.15) is 0 Å². The van der Waals surface area contributed by atoms with E-state index in [0.717, 1.165) is 19.3 Å². The van der Waals surface area contributed by atoms with E-state index < -0.39 is 5.97 Å². The number of hydrogen-bond acceptors (Lipinski definition) is 2. The predicted molar refractivity (Wildman–Crippen MR) is 101 cm³/mol. The van der Waals surface area contributed by atoms with E-state index in [0.29, 0.717) is 24.3 Å². The first-order chi connectivity index (χ1) is 12.6. The highest BCUT2D eigenvalue weighted by atomic mass is 16.4. The number of nitrogens with one attached hydrogen (secondary N) is 1. The smallest absolute Gasteiger partial charge is 0.335 e. The summed E-state index contributed by atoms with van der Waals surface area (Å²) in [5, 5.41) is 12.5. The number of benzene rings is 2. The van der Waals surface area contributed by atoms with Crippen LogP contribution in [0.25, 0.3) is 0 Å². The summed E-state index contributed by atoms with van der Waals surface area (Å²) in [7, 11) is 0. The van der Waals surface area contributed by atoms with Crippen LogP contribution in [0.5, 0.6) is 0 Å². The second-order valence-corrected chi connectivity index (χ2v) is 6.94. The number of carboxylic acids is 1. The molecule has 0 saturated heterocycles. The van der Waals surface area contributed by atoms with Crippen molar-refractivity contribution in [1.29, 1.82) is 0 Å². The van der Waals surface area contributed by atoms with Gasteiger partial charge in [0.2, 0.25) is 5.91 Å². The molecule has 1 aliphatic rings. The summed E-state index contributed by atoms with van der Waals surface area (Å²) < 4.78 is 0. The molecule has 1 amide bonds. The van der Waals surface area contributed by atoms with Crippen molar-refractivity contribution in [2.45, 2.75) is 50.5 Å².